The van der Waals surface area contributed by atoms with Gasteiger partial charge in [0.25, 0.3) is 0 Å². The molecule has 3 aromatic rings. The van der Waals surface area contributed by atoms with E-state index in [4.69, 9.17) is 14.2 Å². The van der Waals surface area contributed by atoms with Crippen LogP contribution in [0.15, 0.2) is 78.9 Å². The molecule has 1 aliphatic carbocycles. The standard InChI is InChI=1S/C25H24O4/c1-27-22-14-13-20(15-23(22)28-2)29-17-25(19-11-7-4-8-12-19)16-21(25)24(26)18-9-5-3-6-10-18/h3-15,21H,16-17H2,1-2H3/t21-,25+/m0/s1. The van der Waals surface area contributed by atoms with E-state index in [0.29, 0.717) is 23.9 Å². The molecule has 1 saturated carbocycles. The lowest BCUT2D eigenvalue weighted by Gasteiger charge is -2.19. The Morgan fingerprint density at radius 3 is 2.21 bits per heavy atom. The summed E-state index contributed by atoms with van der Waals surface area (Å²) in [4.78, 5) is 13.1. The summed E-state index contributed by atoms with van der Waals surface area (Å²) in [6, 6.07) is 25.2. The second-order valence-corrected chi connectivity index (χ2v) is 7.31. The molecule has 4 nitrogen and oxygen atoms in total. The third kappa shape index (κ3) is 3.70. The van der Waals surface area contributed by atoms with Gasteiger partial charge in [-0.15, -0.1) is 0 Å². The average molecular weight is 388 g/mol. The monoisotopic (exact) mass is 388 g/mol. The molecule has 0 heterocycles. The molecule has 3 aromatic carbocycles. The molecule has 0 radical (unpaired) electrons. The van der Waals surface area contributed by atoms with Crippen molar-refractivity contribution in [1.29, 1.82) is 0 Å². The summed E-state index contributed by atoms with van der Waals surface area (Å²) in [6.45, 7) is 0.426. The van der Waals surface area contributed by atoms with Crippen molar-refractivity contribution in [2.75, 3.05) is 20.8 Å². The highest BCUT2D eigenvalue weighted by molar-refractivity contribution is 6.01. The lowest BCUT2D eigenvalue weighted by molar-refractivity contribution is 0.0949. The molecular weight excluding hydrogens is 364 g/mol. The third-order valence-electron chi connectivity index (χ3n) is 5.65. The maximum Gasteiger partial charge on any atom is 0.167 e. The predicted molar refractivity (Wildman–Crippen MR) is 112 cm³/mol. The van der Waals surface area contributed by atoms with Gasteiger partial charge in [0, 0.05) is 23.0 Å². The topological polar surface area (TPSA) is 44.8 Å². The van der Waals surface area contributed by atoms with E-state index in [1.807, 2.05) is 66.7 Å². The fourth-order valence-corrected chi connectivity index (χ4v) is 3.90. The molecule has 0 aliphatic heterocycles. The third-order valence-corrected chi connectivity index (χ3v) is 5.65. The van der Waals surface area contributed by atoms with Gasteiger partial charge >= 0.3 is 0 Å². The second kappa shape index (κ2) is 8.00. The van der Waals surface area contributed by atoms with Gasteiger partial charge in [0.1, 0.15) is 5.75 Å². The van der Waals surface area contributed by atoms with Crippen molar-refractivity contribution in [2.45, 2.75) is 11.8 Å². The number of rotatable bonds is 8. The number of Topliss-reactive ketones (excluding diaryl/α,β-unsaturated/α-hetero) is 1. The zero-order chi connectivity index (χ0) is 20.3. The van der Waals surface area contributed by atoms with Gasteiger partial charge in [0.15, 0.2) is 17.3 Å². The highest BCUT2D eigenvalue weighted by Crippen LogP contribution is 2.56. The van der Waals surface area contributed by atoms with E-state index < -0.39 is 0 Å². The van der Waals surface area contributed by atoms with Crippen LogP contribution in [0, 0.1) is 5.92 Å². The zero-order valence-corrected chi connectivity index (χ0v) is 16.6. The summed E-state index contributed by atoms with van der Waals surface area (Å²) in [6.07, 6.45) is 0.776. The average Bonchev–Trinajstić information content (AvgIpc) is 3.54. The summed E-state index contributed by atoms with van der Waals surface area (Å²) in [5.74, 6) is 2.04. The molecule has 29 heavy (non-hydrogen) atoms. The molecule has 0 N–H and O–H groups in total. The van der Waals surface area contributed by atoms with Crippen LogP contribution in [0.5, 0.6) is 17.2 Å². The van der Waals surface area contributed by atoms with E-state index in [9.17, 15) is 4.79 Å². The minimum atomic E-state index is -0.318. The van der Waals surface area contributed by atoms with Gasteiger partial charge in [-0.3, -0.25) is 4.79 Å². The second-order valence-electron chi connectivity index (χ2n) is 7.31. The number of benzene rings is 3. The van der Waals surface area contributed by atoms with Gasteiger partial charge in [0.05, 0.1) is 20.8 Å². The molecule has 4 heteroatoms. The molecule has 0 unspecified atom stereocenters. The van der Waals surface area contributed by atoms with E-state index in [-0.39, 0.29) is 17.1 Å². The molecule has 148 valence electrons. The highest BCUT2D eigenvalue weighted by Gasteiger charge is 2.59. The number of carbonyl (C=O) groups is 1. The number of methoxy groups -OCH3 is 2. The Morgan fingerprint density at radius 1 is 0.897 bits per heavy atom. The van der Waals surface area contributed by atoms with Gasteiger partial charge in [-0.2, -0.15) is 0 Å². The molecule has 1 fully saturated rings. The van der Waals surface area contributed by atoms with Crippen LogP contribution >= 0.6 is 0 Å². The van der Waals surface area contributed by atoms with Crippen molar-refractivity contribution in [3.8, 4) is 17.2 Å². The first-order chi connectivity index (χ1) is 14.2. The highest BCUT2D eigenvalue weighted by atomic mass is 16.5. The fraction of sp³-hybridized carbons (Fsp3) is 0.240. The van der Waals surface area contributed by atoms with Crippen molar-refractivity contribution in [1.82, 2.24) is 0 Å². The molecule has 0 bridgehead atoms. The minimum Gasteiger partial charge on any atom is -0.493 e. The van der Waals surface area contributed by atoms with Crippen molar-refractivity contribution >= 4 is 5.78 Å². The van der Waals surface area contributed by atoms with Crippen LogP contribution in [0.4, 0.5) is 0 Å². The number of hydrogen-bond donors (Lipinski definition) is 0. The number of carbonyl (C=O) groups excluding carboxylic acids is 1. The lowest BCUT2D eigenvalue weighted by atomic mass is 9.91. The van der Waals surface area contributed by atoms with Crippen molar-refractivity contribution < 1.29 is 19.0 Å². The van der Waals surface area contributed by atoms with Gasteiger partial charge < -0.3 is 14.2 Å². The van der Waals surface area contributed by atoms with Crippen LogP contribution in [0.3, 0.4) is 0 Å². The van der Waals surface area contributed by atoms with Gasteiger partial charge in [-0.25, -0.2) is 0 Å². The normalized spacial score (nSPS) is 20.0. The summed E-state index contributed by atoms with van der Waals surface area (Å²) < 4.78 is 16.8. The fourth-order valence-electron chi connectivity index (χ4n) is 3.90. The molecule has 2 atom stereocenters. The van der Waals surface area contributed by atoms with E-state index in [0.717, 1.165) is 17.5 Å². The quantitative estimate of drug-likeness (QED) is 0.514. The van der Waals surface area contributed by atoms with Gasteiger partial charge in [0.2, 0.25) is 0 Å². The Bertz CT molecular complexity index is 984. The molecule has 0 aromatic heterocycles. The molecule has 4 rings (SSSR count). The van der Waals surface area contributed by atoms with E-state index >= 15 is 0 Å². The number of hydrogen-bond acceptors (Lipinski definition) is 4. The molecule has 0 saturated heterocycles. The van der Waals surface area contributed by atoms with Crippen LogP contribution in [-0.4, -0.2) is 26.6 Å². The van der Waals surface area contributed by atoms with Crippen molar-refractivity contribution in [3.05, 3.63) is 90.0 Å². The minimum absolute atomic E-state index is 0.0903. The zero-order valence-electron chi connectivity index (χ0n) is 16.6. The molecule has 0 amide bonds. The SMILES string of the molecule is COc1ccc(OC[C@@]2(c3ccccc3)C[C@H]2C(=O)c2ccccc2)cc1OC. The van der Waals surface area contributed by atoms with Crippen molar-refractivity contribution in [3.63, 3.8) is 0 Å². The van der Waals surface area contributed by atoms with E-state index in [1.165, 1.54) is 0 Å². The van der Waals surface area contributed by atoms with Crippen LogP contribution in [-0.2, 0) is 5.41 Å². The maximum atomic E-state index is 13.1. The first-order valence-electron chi connectivity index (χ1n) is 9.67. The summed E-state index contributed by atoms with van der Waals surface area (Å²) >= 11 is 0. The van der Waals surface area contributed by atoms with Gasteiger partial charge in [-0.1, -0.05) is 60.7 Å². The van der Waals surface area contributed by atoms with Crippen molar-refractivity contribution in [2.24, 2.45) is 5.92 Å². The molecular formula is C25H24O4. The van der Waals surface area contributed by atoms with Crippen LogP contribution in [0.1, 0.15) is 22.3 Å². The Morgan fingerprint density at radius 2 is 1.55 bits per heavy atom. The maximum absolute atomic E-state index is 13.1. The Balaban J connectivity index is 1.58. The Kier molecular flexibility index (Phi) is 5.26. The summed E-state index contributed by atoms with van der Waals surface area (Å²) in [7, 11) is 3.20. The molecule has 1 aliphatic rings. The first kappa shape index (κ1) is 19.1. The van der Waals surface area contributed by atoms with Crippen LogP contribution in [0.25, 0.3) is 0 Å². The van der Waals surface area contributed by atoms with Crippen LogP contribution < -0.4 is 14.2 Å². The Labute approximate surface area is 171 Å². The van der Waals surface area contributed by atoms with Crippen LogP contribution in [0.2, 0.25) is 0 Å². The smallest absolute Gasteiger partial charge is 0.167 e. The molecule has 0 spiro atoms. The summed E-state index contributed by atoms with van der Waals surface area (Å²) in [5, 5.41) is 0. The predicted octanol–water partition coefficient (Wildman–Crippen LogP) is 4.92. The van der Waals surface area contributed by atoms with E-state index in [2.05, 4.69) is 12.1 Å². The Hall–Kier alpha value is -3.27. The van der Waals surface area contributed by atoms with E-state index in [1.54, 1.807) is 14.2 Å². The first-order valence-corrected chi connectivity index (χ1v) is 9.67. The van der Waals surface area contributed by atoms with Gasteiger partial charge in [-0.05, 0) is 24.1 Å². The number of ether oxygens (including phenoxy) is 3. The largest absolute Gasteiger partial charge is 0.493 e. The summed E-state index contributed by atoms with van der Waals surface area (Å²) in [5.41, 5.74) is 1.57. The number of ketones is 1. The lowest BCUT2D eigenvalue weighted by Crippen LogP contribution is -2.23.